The molecule has 1 amide bonds. The fraction of sp³-hybridized carbons (Fsp3) is 0.294. The van der Waals surface area contributed by atoms with Gasteiger partial charge in [0.05, 0.1) is 5.71 Å². The molecule has 2 aromatic rings. The van der Waals surface area contributed by atoms with Crippen LogP contribution in [0.15, 0.2) is 40.9 Å². The average molecular weight is 367 g/mol. The normalized spacial score (nSPS) is 12.8. The van der Waals surface area contributed by atoms with Gasteiger partial charge in [0.1, 0.15) is 6.61 Å². The molecule has 24 heavy (non-hydrogen) atoms. The standard InChI is InChI=1S/C17H19ClN2O3S/c1-11(12-4-6-14(18)7-5-12)20-23-10-13-8-9-24-16(13)15(22-3)17(21)19-2/h4-9,15H,10H2,1-3H3,(H,19,21). The molecule has 0 aliphatic carbocycles. The zero-order valence-electron chi connectivity index (χ0n) is 13.7. The van der Waals surface area contributed by atoms with Crippen molar-refractivity contribution in [2.45, 2.75) is 19.6 Å². The maximum absolute atomic E-state index is 11.9. The van der Waals surface area contributed by atoms with Crippen molar-refractivity contribution in [3.8, 4) is 0 Å². The second kappa shape index (κ2) is 8.82. The zero-order valence-corrected chi connectivity index (χ0v) is 15.3. The van der Waals surface area contributed by atoms with E-state index < -0.39 is 6.10 Å². The number of carbonyl (C=O) groups is 1. The molecule has 1 aromatic heterocycles. The van der Waals surface area contributed by atoms with E-state index in [-0.39, 0.29) is 12.5 Å². The van der Waals surface area contributed by atoms with E-state index in [1.54, 1.807) is 19.2 Å². The van der Waals surface area contributed by atoms with E-state index in [0.29, 0.717) is 5.02 Å². The van der Waals surface area contributed by atoms with E-state index in [0.717, 1.165) is 21.7 Å². The molecule has 1 unspecified atom stereocenters. The number of halogens is 1. The predicted octanol–water partition coefficient (Wildman–Crippen LogP) is 3.78. The molecule has 5 nitrogen and oxygen atoms in total. The predicted molar refractivity (Wildman–Crippen MR) is 96.6 cm³/mol. The molecule has 1 heterocycles. The Morgan fingerprint density at radius 1 is 1.33 bits per heavy atom. The number of carbonyl (C=O) groups excluding carboxylic acids is 1. The highest BCUT2D eigenvalue weighted by molar-refractivity contribution is 7.10. The molecule has 0 spiro atoms. The lowest BCUT2D eigenvalue weighted by atomic mass is 10.1. The second-order valence-corrected chi connectivity index (χ2v) is 6.38. The van der Waals surface area contributed by atoms with Gasteiger partial charge in [-0.3, -0.25) is 4.79 Å². The number of hydrogen-bond donors (Lipinski definition) is 1. The van der Waals surface area contributed by atoms with Gasteiger partial charge in [0.2, 0.25) is 0 Å². The number of oxime groups is 1. The fourth-order valence-electron chi connectivity index (χ4n) is 2.10. The molecule has 0 fully saturated rings. The van der Waals surface area contributed by atoms with Gasteiger partial charge in [0.25, 0.3) is 5.91 Å². The Morgan fingerprint density at radius 3 is 2.67 bits per heavy atom. The van der Waals surface area contributed by atoms with Crippen molar-refractivity contribution in [2.75, 3.05) is 14.2 Å². The Bertz CT molecular complexity index is 713. The van der Waals surface area contributed by atoms with Crippen LogP contribution < -0.4 is 5.32 Å². The highest BCUT2D eigenvalue weighted by Gasteiger charge is 2.23. The number of likely N-dealkylation sites (N-methyl/N-ethyl adjacent to an activating group) is 1. The number of nitrogens with one attached hydrogen (secondary N) is 1. The van der Waals surface area contributed by atoms with Gasteiger partial charge in [0.15, 0.2) is 6.10 Å². The molecule has 1 aromatic carbocycles. The van der Waals surface area contributed by atoms with Crippen LogP contribution in [0.5, 0.6) is 0 Å². The summed E-state index contributed by atoms with van der Waals surface area (Å²) in [5, 5.41) is 9.30. The molecule has 7 heteroatoms. The van der Waals surface area contributed by atoms with Crippen molar-refractivity contribution in [1.82, 2.24) is 5.32 Å². The minimum atomic E-state index is -0.644. The van der Waals surface area contributed by atoms with Crippen molar-refractivity contribution in [3.63, 3.8) is 0 Å². The minimum absolute atomic E-state index is 0.193. The van der Waals surface area contributed by atoms with Crippen molar-refractivity contribution in [1.29, 1.82) is 0 Å². The van der Waals surface area contributed by atoms with Crippen LogP contribution in [0.25, 0.3) is 0 Å². The van der Waals surface area contributed by atoms with Gasteiger partial charge >= 0.3 is 0 Å². The first-order valence-electron chi connectivity index (χ1n) is 7.30. The Balaban J connectivity index is 2.05. The molecule has 128 valence electrons. The summed E-state index contributed by atoms with van der Waals surface area (Å²) >= 11 is 7.33. The molecule has 0 aliphatic heterocycles. The first-order chi connectivity index (χ1) is 11.6. The third-order valence-corrected chi connectivity index (χ3v) is 4.68. The van der Waals surface area contributed by atoms with E-state index in [2.05, 4.69) is 10.5 Å². The summed E-state index contributed by atoms with van der Waals surface area (Å²) in [5.74, 6) is -0.193. The van der Waals surface area contributed by atoms with Crippen molar-refractivity contribution in [2.24, 2.45) is 5.16 Å². The first-order valence-corrected chi connectivity index (χ1v) is 8.55. The number of benzene rings is 1. The zero-order chi connectivity index (χ0) is 17.5. The van der Waals surface area contributed by atoms with Crippen LogP contribution in [-0.2, 0) is 21.0 Å². The van der Waals surface area contributed by atoms with Crippen LogP contribution in [-0.4, -0.2) is 25.8 Å². The molecule has 0 aliphatic rings. The number of amides is 1. The molecule has 0 bridgehead atoms. The molecule has 1 N–H and O–H groups in total. The Labute approximate surface area is 150 Å². The maximum atomic E-state index is 11.9. The SMILES string of the molecule is CNC(=O)C(OC)c1sccc1CON=C(C)c1ccc(Cl)cc1. The van der Waals surface area contributed by atoms with Crippen LogP contribution in [0.1, 0.15) is 29.0 Å². The Morgan fingerprint density at radius 2 is 2.04 bits per heavy atom. The molecule has 0 radical (unpaired) electrons. The number of methoxy groups -OCH3 is 1. The van der Waals surface area contributed by atoms with Crippen LogP contribution in [0.2, 0.25) is 5.02 Å². The second-order valence-electron chi connectivity index (χ2n) is 5.00. The fourth-order valence-corrected chi connectivity index (χ4v) is 3.21. The van der Waals surface area contributed by atoms with Gasteiger partial charge in [-0.2, -0.15) is 0 Å². The molecular formula is C17H19ClN2O3S. The summed E-state index contributed by atoms with van der Waals surface area (Å²) in [5.41, 5.74) is 2.56. The lowest BCUT2D eigenvalue weighted by molar-refractivity contribution is -0.130. The van der Waals surface area contributed by atoms with Gasteiger partial charge in [-0.05, 0) is 36.1 Å². The minimum Gasteiger partial charge on any atom is -0.391 e. The van der Waals surface area contributed by atoms with Gasteiger partial charge in [-0.25, -0.2) is 0 Å². The first kappa shape index (κ1) is 18.4. The number of rotatable bonds is 7. The van der Waals surface area contributed by atoms with Gasteiger partial charge in [0, 0.05) is 29.6 Å². The molecule has 0 saturated carbocycles. The number of nitrogens with zero attached hydrogens (tertiary/aromatic N) is 1. The third kappa shape index (κ3) is 4.56. The van der Waals surface area contributed by atoms with E-state index in [4.69, 9.17) is 21.2 Å². The van der Waals surface area contributed by atoms with Crippen LogP contribution >= 0.6 is 22.9 Å². The average Bonchev–Trinajstić information content (AvgIpc) is 3.04. The van der Waals surface area contributed by atoms with E-state index in [9.17, 15) is 4.79 Å². The van der Waals surface area contributed by atoms with Gasteiger partial charge in [-0.1, -0.05) is 28.9 Å². The molecule has 1 atom stereocenters. The molecule has 0 saturated heterocycles. The topological polar surface area (TPSA) is 59.9 Å². The molecular weight excluding hydrogens is 348 g/mol. The smallest absolute Gasteiger partial charge is 0.254 e. The van der Waals surface area contributed by atoms with E-state index in [1.165, 1.54) is 18.4 Å². The van der Waals surface area contributed by atoms with Gasteiger partial charge < -0.3 is 14.9 Å². The van der Waals surface area contributed by atoms with Crippen molar-refractivity contribution >= 4 is 34.6 Å². The summed E-state index contributed by atoms with van der Waals surface area (Å²) in [6, 6.07) is 9.28. The molecule has 2 rings (SSSR count). The highest BCUT2D eigenvalue weighted by atomic mass is 35.5. The number of hydrogen-bond acceptors (Lipinski definition) is 5. The Kier molecular flexibility index (Phi) is 6.78. The largest absolute Gasteiger partial charge is 0.391 e. The summed E-state index contributed by atoms with van der Waals surface area (Å²) in [6.45, 7) is 2.13. The van der Waals surface area contributed by atoms with E-state index in [1.807, 2.05) is 30.5 Å². The quantitative estimate of drug-likeness (QED) is 0.599. The van der Waals surface area contributed by atoms with Gasteiger partial charge in [-0.15, -0.1) is 11.3 Å². The highest BCUT2D eigenvalue weighted by Crippen LogP contribution is 2.27. The van der Waals surface area contributed by atoms with E-state index >= 15 is 0 Å². The third-order valence-electron chi connectivity index (χ3n) is 3.42. The van der Waals surface area contributed by atoms with Crippen molar-refractivity contribution in [3.05, 3.63) is 56.7 Å². The van der Waals surface area contributed by atoms with Crippen LogP contribution in [0.4, 0.5) is 0 Å². The van der Waals surface area contributed by atoms with Crippen molar-refractivity contribution < 1.29 is 14.4 Å². The summed E-state index contributed by atoms with van der Waals surface area (Å²) < 4.78 is 5.29. The number of thiophene rings is 1. The summed E-state index contributed by atoms with van der Waals surface area (Å²) in [7, 11) is 3.09. The monoisotopic (exact) mass is 366 g/mol. The lowest BCUT2D eigenvalue weighted by Gasteiger charge is -2.14. The summed E-state index contributed by atoms with van der Waals surface area (Å²) in [4.78, 5) is 18.1. The van der Waals surface area contributed by atoms with Crippen LogP contribution in [0.3, 0.4) is 0 Å². The Hall–Kier alpha value is -1.89. The lowest BCUT2D eigenvalue weighted by Crippen LogP contribution is -2.26. The summed E-state index contributed by atoms with van der Waals surface area (Å²) in [6.07, 6.45) is -0.644. The number of ether oxygens (including phenoxy) is 1. The van der Waals surface area contributed by atoms with Crippen LogP contribution in [0, 0.1) is 0 Å². The maximum Gasteiger partial charge on any atom is 0.254 e.